The van der Waals surface area contributed by atoms with Gasteiger partial charge in [0.2, 0.25) is 0 Å². The molecule has 114 valence electrons. The molecule has 0 aliphatic heterocycles. The van der Waals surface area contributed by atoms with Gasteiger partial charge < -0.3 is 4.74 Å². The standard InChI is InChI=1S/C13H12ClF3N2O2/c1-6(2)7-4-8(13(15,16)17)11-18-9(12(20)21-3)10(14)19(11)5-7/h4-6H,1-3H3. The Hall–Kier alpha value is -1.76. The summed E-state index contributed by atoms with van der Waals surface area (Å²) in [6, 6.07) is 1.02. The highest BCUT2D eigenvalue weighted by molar-refractivity contribution is 6.32. The zero-order chi connectivity index (χ0) is 15.9. The first-order valence-electron chi connectivity index (χ1n) is 6.03. The van der Waals surface area contributed by atoms with E-state index in [-0.39, 0.29) is 16.8 Å². The van der Waals surface area contributed by atoms with Crippen molar-refractivity contribution in [2.45, 2.75) is 25.9 Å². The highest BCUT2D eigenvalue weighted by atomic mass is 35.5. The number of nitrogens with zero attached hydrogens (tertiary/aromatic N) is 2. The first-order chi connectivity index (χ1) is 9.66. The third-order valence-corrected chi connectivity index (χ3v) is 3.39. The average molecular weight is 321 g/mol. The van der Waals surface area contributed by atoms with E-state index >= 15 is 0 Å². The van der Waals surface area contributed by atoms with Gasteiger partial charge in [-0.15, -0.1) is 0 Å². The molecule has 0 N–H and O–H groups in total. The SMILES string of the molecule is COC(=O)c1nc2c(C(F)(F)F)cc(C(C)C)cn2c1Cl. The normalized spacial score (nSPS) is 12.2. The van der Waals surface area contributed by atoms with Crippen molar-refractivity contribution < 1.29 is 22.7 Å². The van der Waals surface area contributed by atoms with Crippen molar-refractivity contribution in [2.75, 3.05) is 7.11 Å². The number of imidazole rings is 1. The van der Waals surface area contributed by atoms with Gasteiger partial charge in [0.05, 0.1) is 12.7 Å². The third-order valence-electron chi connectivity index (χ3n) is 3.03. The number of ether oxygens (including phenoxy) is 1. The predicted molar refractivity (Wildman–Crippen MR) is 70.6 cm³/mol. The maximum atomic E-state index is 13.2. The van der Waals surface area contributed by atoms with E-state index in [4.69, 9.17) is 11.6 Å². The number of fused-ring (bicyclic) bond motifs is 1. The summed E-state index contributed by atoms with van der Waals surface area (Å²) < 4.78 is 45.0. The minimum Gasteiger partial charge on any atom is -0.464 e. The lowest BCUT2D eigenvalue weighted by Gasteiger charge is -2.13. The molecule has 0 bridgehead atoms. The molecule has 0 saturated heterocycles. The zero-order valence-corrected chi connectivity index (χ0v) is 12.2. The van der Waals surface area contributed by atoms with Crippen LogP contribution in [0.3, 0.4) is 0 Å². The molecule has 2 aromatic rings. The molecule has 2 aromatic heterocycles. The Morgan fingerprint density at radius 3 is 2.52 bits per heavy atom. The fourth-order valence-electron chi connectivity index (χ4n) is 1.89. The molecule has 0 fully saturated rings. The van der Waals surface area contributed by atoms with Crippen molar-refractivity contribution in [3.8, 4) is 0 Å². The van der Waals surface area contributed by atoms with Crippen LogP contribution in [0.4, 0.5) is 13.2 Å². The smallest absolute Gasteiger partial charge is 0.419 e. The number of esters is 1. The number of hydrogen-bond acceptors (Lipinski definition) is 3. The Kier molecular flexibility index (Phi) is 3.88. The van der Waals surface area contributed by atoms with E-state index in [1.807, 2.05) is 0 Å². The van der Waals surface area contributed by atoms with Crippen LogP contribution in [0.25, 0.3) is 5.65 Å². The summed E-state index contributed by atoms with van der Waals surface area (Å²) in [6.45, 7) is 3.51. The Morgan fingerprint density at radius 2 is 2.05 bits per heavy atom. The number of methoxy groups -OCH3 is 1. The number of hydrogen-bond donors (Lipinski definition) is 0. The van der Waals surface area contributed by atoms with Crippen LogP contribution in [0.2, 0.25) is 5.15 Å². The van der Waals surface area contributed by atoms with Crippen molar-refractivity contribution in [2.24, 2.45) is 0 Å². The maximum Gasteiger partial charge on any atom is 0.419 e. The van der Waals surface area contributed by atoms with E-state index in [9.17, 15) is 18.0 Å². The van der Waals surface area contributed by atoms with Crippen LogP contribution >= 0.6 is 11.6 Å². The second-order valence-electron chi connectivity index (χ2n) is 4.78. The van der Waals surface area contributed by atoms with E-state index in [1.165, 1.54) is 6.20 Å². The van der Waals surface area contributed by atoms with E-state index in [0.717, 1.165) is 17.6 Å². The Labute approximate surface area is 123 Å². The lowest BCUT2D eigenvalue weighted by molar-refractivity contribution is -0.136. The largest absolute Gasteiger partial charge is 0.464 e. The Balaban J connectivity index is 2.85. The molecular weight excluding hydrogens is 309 g/mol. The maximum absolute atomic E-state index is 13.2. The molecule has 2 heterocycles. The molecular formula is C13H12ClF3N2O2. The average Bonchev–Trinajstić information content (AvgIpc) is 2.73. The van der Waals surface area contributed by atoms with Crippen molar-refractivity contribution in [1.82, 2.24) is 9.38 Å². The lowest BCUT2D eigenvalue weighted by Crippen LogP contribution is -2.09. The zero-order valence-electron chi connectivity index (χ0n) is 11.5. The second-order valence-corrected chi connectivity index (χ2v) is 5.13. The third kappa shape index (κ3) is 2.70. The summed E-state index contributed by atoms with van der Waals surface area (Å²) in [5, 5.41) is -0.204. The Morgan fingerprint density at radius 1 is 1.43 bits per heavy atom. The van der Waals surface area contributed by atoms with Crippen LogP contribution in [0.15, 0.2) is 12.3 Å². The van der Waals surface area contributed by atoms with Gasteiger partial charge in [-0.2, -0.15) is 13.2 Å². The number of pyridine rings is 1. The van der Waals surface area contributed by atoms with Crippen LogP contribution in [-0.2, 0) is 10.9 Å². The molecule has 0 unspecified atom stereocenters. The monoisotopic (exact) mass is 320 g/mol. The van der Waals surface area contributed by atoms with E-state index in [1.54, 1.807) is 13.8 Å². The van der Waals surface area contributed by atoms with Crippen LogP contribution in [0, 0.1) is 0 Å². The van der Waals surface area contributed by atoms with Gasteiger partial charge >= 0.3 is 12.1 Å². The van der Waals surface area contributed by atoms with Crippen molar-refractivity contribution in [3.05, 3.63) is 34.2 Å². The number of halogens is 4. The molecule has 0 aliphatic rings. The van der Waals surface area contributed by atoms with Gasteiger partial charge in [0.15, 0.2) is 11.3 Å². The molecule has 21 heavy (non-hydrogen) atoms. The van der Waals surface area contributed by atoms with Crippen LogP contribution < -0.4 is 0 Å². The number of aromatic nitrogens is 2. The Bertz CT molecular complexity index is 707. The molecule has 0 radical (unpaired) electrons. The van der Waals surface area contributed by atoms with Crippen molar-refractivity contribution in [3.63, 3.8) is 0 Å². The molecule has 0 aromatic carbocycles. The number of rotatable bonds is 2. The summed E-state index contributed by atoms with van der Waals surface area (Å²) >= 11 is 5.96. The molecule has 2 rings (SSSR count). The first-order valence-corrected chi connectivity index (χ1v) is 6.41. The fraction of sp³-hybridized carbons (Fsp3) is 0.385. The molecule has 0 saturated carbocycles. The van der Waals surface area contributed by atoms with E-state index < -0.39 is 23.4 Å². The molecule has 0 aliphatic carbocycles. The highest BCUT2D eigenvalue weighted by Gasteiger charge is 2.36. The summed E-state index contributed by atoms with van der Waals surface area (Å²) in [5.74, 6) is -1.03. The van der Waals surface area contributed by atoms with Gasteiger partial charge in [-0.25, -0.2) is 9.78 Å². The molecule has 0 amide bonds. The minimum absolute atomic E-state index is 0.143. The number of alkyl halides is 3. The fourth-order valence-corrected chi connectivity index (χ4v) is 2.14. The van der Waals surface area contributed by atoms with Crippen molar-refractivity contribution in [1.29, 1.82) is 0 Å². The summed E-state index contributed by atoms with van der Waals surface area (Å²) in [4.78, 5) is 15.2. The molecule has 8 heteroatoms. The predicted octanol–water partition coefficient (Wildman–Crippen LogP) is 3.92. The highest BCUT2D eigenvalue weighted by Crippen LogP contribution is 2.36. The molecule has 0 spiro atoms. The van der Waals surface area contributed by atoms with Crippen LogP contribution in [0.1, 0.15) is 41.4 Å². The number of carbonyl (C=O) groups is 1. The number of carbonyl (C=O) groups excluding carboxylic acids is 1. The topological polar surface area (TPSA) is 43.6 Å². The van der Waals surface area contributed by atoms with Gasteiger partial charge in [-0.05, 0) is 17.5 Å². The summed E-state index contributed by atoms with van der Waals surface area (Å²) in [6.07, 6.45) is -3.16. The van der Waals surface area contributed by atoms with E-state index in [2.05, 4.69) is 9.72 Å². The summed E-state index contributed by atoms with van der Waals surface area (Å²) in [5.41, 5.74) is -1.26. The second kappa shape index (κ2) is 5.22. The van der Waals surface area contributed by atoms with Gasteiger partial charge in [0.25, 0.3) is 0 Å². The van der Waals surface area contributed by atoms with Gasteiger partial charge in [0.1, 0.15) is 5.15 Å². The minimum atomic E-state index is -4.60. The summed E-state index contributed by atoms with van der Waals surface area (Å²) in [7, 11) is 1.10. The molecule has 0 atom stereocenters. The quantitative estimate of drug-likeness (QED) is 0.788. The first kappa shape index (κ1) is 15.6. The van der Waals surface area contributed by atoms with Gasteiger partial charge in [-0.1, -0.05) is 25.4 Å². The van der Waals surface area contributed by atoms with Crippen LogP contribution in [0.5, 0.6) is 0 Å². The van der Waals surface area contributed by atoms with E-state index in [0.29, 0.717) is 5.56 Å². The molecule has 4 nitrogen and oxygen atoms in total. The lowest BCUT2D eigenvalue weighted by atomic mass is 10.0. The van der Waals surface area contributed by atoms with Gasteiger partial charge in [0, 0.05) is 6.20 Å². The van der Waals surface area contributed by atoms with Crippen LogP contribution in [-0.4, -0.2) is 22.5 Å². The van der Waals surface area contributed by atoms with Gasteiger partial charge in [-0.3, -0.25) is 4.40 Å². The van der Waals surface area contributed by atoms with Crippen molar-refractivity contribution >= 4 is 23.2 Å².